The highest BCUT2D eigenvalue weighted by atomic mass is 16.4. The van der Waals surface area contributed by atoms with Crippen molar-refractivity contribution in [1.82, 2.24) is 0 Å². The predicted molar refractivity (Wildman–Crippen MR) is 38.0 cm³/mol. The van der Waals surface area contributed by atoms with Crippen LogP contribution in [-0.2, 0) is 4.79 Å². The summed E-state index contributed by atoms with van der Waals surface area (Å²) in [4.78, 5) is 14.3. The van der Waals surface area contributed by atoms with Gasteiger partial charge in [0.05, 0.1) is 5.41 Å². The number of rotatable bonds is 1. The molecule has 1 atom stereocenters. The molecule has 0 radical (unpaired) electrons. The highest BCUT2D eigenvalue weighted by Crippen LogP contribution is 2.24. The van der Waals surface area contributed by atoms with E-state index in [4.69, 9.17) is 5.11 Å². The van der Waals surface area contributed by atoms with Gasteiger partial charge in [0.15, 0.2) is 0 Å². The number of hydrogen-bond donors (Lipinski definition) is 1. The first kappa shape index (κ1) is 6.99. The van der Waals surface area contributed by atoms with Crippen molar-refractivity contribution in [3.8, 4) is 0 Å². The summed E-state index contributed by atoms with van der Waals surface area (Å²) in [5.74, 6) is -0.796. The molecule has 0 fully saturated rings. The van der Waals surface area contributed by atoms with Crippen LogP contribution < -0.4 is 0 Å². The second-order valence-electron chi connectivity index (χ2n) is 2.57. The van der Waals surface area contributed by atoms with Crippen LogP contribution in [0.25, 0.3) is 0 Å². The van der Waals surface area contributed by atoms with Gasteiger partial charge in [0.1, 0.15) is 0 Å². The largest absolute Gasteiger partial charge is 0.481 e. The Morgan fingerprint density at radius 1 is 1.80 bits per heavy atom. The highest BCUT2D eigenvalue weighted by molar-refractivity contribution is 5.81. The Morgan fingerprint density at radius 3 is 2.80 bits per heavy atom. The van der Waals surface area contributed by atoms with Crippen LogP contribution in [0.2, 0.25) is 0 Å². The number of aliphatic carboxylic acids is 1. The van der Waals surface area contributed by atoms with Crippen LogP contribution in [0.3, 0.4) is 0 Å². The number of aliphatic imine (C=N–C) groups is 1. The standard InChI is InChI=1S/C7H9NO2/c1-7(6(9)10)2-4-8-5-3-7/h2,4-5H,3H2,1H3,(H,9,10). The van der Waals surface area contributed by atoms with Gasteiger partial charge in [-0.25, -0.2) is 0 Å². The monoisotopic (exact) mass is 139 g/mol. The zero-order chi connectivity index (χ0) is 7.61. The van der Waals surface area contributed by atoms with Crippen LogP contribution in [0.5, 0.6) is 0 Å². The van der Waals surface area contributed by atoms with Gasteiger partial charge in [0.25, 0.3) is 0 Å². The zero-order valence-corrected chi connectivity index (χ0v) is 5.74. The lowest BCUT2D eigenvalue weighted by Gasteiger charge is -2.19. The average Bonchev–Trinajstić information content (AvgIpc) is 1.89. The SMILES string of the molecule is CC1(C(=O)O)C=CN=CC1. The summed E-state index contributed by atoms with van der Waals surface area (Å²) in [6.07, 6.45) is 5.24. The molecule has 1 N–H and O–H groups in total. The number of carboxylic acids is 1. The molecule has 0 saturated heterocycles. The van der Waals surface area contributed by atoms with Gasteiger partial charge < -0.3 is 5.11 Å². The minimum Gasteiger partial charge on any atom is -0.481 e. The second kappa shape index (κ2) is 2.25. The summed E-state index contributed by atoms with van der Waals surface area (Å²) in [5.41, 5.74) is -0.734. The molecular formula is C7H9NO2. The minimum absolute atomic E-state index is 0.485. The van der Waals surface area contributed by atoms with E-state index in [1.165, 1.54) is 6.20 Å². The van der Waals surface area contributed by atoms with Gasteiger partial charge in [-0.1, -0.05) is 0 Å². The molecule has 1 aliphatic rings. The van der Waals surface area contributed by atoms with E-state index in [0.29, 0.717) is 6.42 Å². The van der Waals surface area contributed by atoms with E-state index >= 15 is 0 Å². The van der Waals surface area contributed by atoms with E-state index in [1.54, 1.807) is 19.2 Å². The average molecular weight is 139 g/mol. The molecule has 0 aromatic carbocycles. The summed E-state index contributed by atoms with van der Waals surface area (Å²) < 4.78 is 0. The van der Waals surface area contributed by atoms with Crippen LogP contribution in [0.1, 0.15) is 13.3 Å². The first-order chi connectivity index (χ1) is 4.65. The van der Waals surface area contributed by atoms with Crippen molar-refractivity contribution in [2.45, 2.75) is 13.3 Å². The molecule has 1 unspecified atom stereocenters. The quantitative estimate of drug-likeness (QED) is 0.590. The normalized spacial score (nSPS) is 30.5. The van der Waals surface area contributed by atoms with Crippen molar-refractivity contribution in [2.75, 3.05) is 0 Å². The topological polar surface area (TPSA) is 49.7 Å². The Morgan fingerprint density at radius 2 is 2.50 bits per heavy atom. The molecule has 10 heavy (non-hydrogen) atoms. The Kier molecular flexibility index (Phi) is 1.57. The maximum atomic E-state index is 10.6. The van der Waals surface area contributed by atoms with E-state index in [0.717, 1.165) is 0 Å². The lowest BCUT2D eigenvalue weighted by Crippen LogP contribution is -2.26. The van der Waals surface area contributed by atoms with Gasteiger partial charge >= 0.3 is 5.97 Å². The first-order valence-electron chi connectivity index (χ1n) is 3.08. The molecule has 1 rings (SSSR count). The van der Waals surface area contributed by atoms with Crippen LogP contribution in [0.4, 0.5) is 0 Å². The molecular weight excluding hydrogens is 130 g/mol. The van der Waals surface area contributed by atoms with Gasteiger partial charge in [0, 0.05) is 18.8 Å². The molecule has 0 saturated carbocycles. The van der Waals surface area contributed by atoms with Crippen LogP contribution in [0, 0.1) is 5.41 Å². The summed E-state index contributed by atoms with van der Waals surface area (Å²) >= 11 is 0. The molecule has 3 nitrogen and oxygen atoms in total. The Labute approximate surface area is 59.1 Å². The summed E-state index contributed by atoms with van der Waals surface area (Å²) in [7, 11) is 0. The molecule has 0 amide bonds. The second-order valence-corrected chi connectivity index (χ2v) is 2.57. The summed E-state index contributed by atoms with van der Waals surface area (Å²) in [6.45, 7) is 1.68. The van der Waals surface area contributed by atoms with Crippen molar-refractivity contribution >= 4 is 12.2 Å². The van der Waals surface area contributed by atoms with Crippen molar-refractivity contribution < 1.29 is 9.90 Å². The fourth-order valence-electron chi connectivity index (χ4n) is 0.737. The number of hydrogen-bond acceptors (Lipinski definition) is 2. The minimum atomic E-state index is -0.796. The van der Waals surface area contributed by atoms with Gasteiger partial charge in [0.2, 0.25) is 0 Å². The third-order valence-corrected chi connectivity index (χ3v) is 1.64. The molecule has 0 spiro atoms. The smallest absolute Gasteiger partial charge is 0.313 e. The molecule has 0 aromatic heterocycles. The molecule has 0 bridgehead atoms. The summed E-state index contributed by atoms with van der Waals surface area (Å²) in [5, 5.41) is 8.68. The maximum Gasteiger partial charge on any atom is 0.313 e. The van der Waals surface area contributed by atoms with Gasteiger partial charge in [-0.05, 0) is 13.0 Å². The lowest BCUT2D eigenvalue weighted by atomic mass is 9.86. The van der Waals surface area contributed by atoms with E-state index in [9.17, 15) is 4.79 Å². The predicted octanol–water partition coefficient (Wildman–Crippen LogP) is 1.07. The Hall–Kier alpha value is -1.12. The molecule has 3 heteroatoms. The van der Waals surface area contributed by atoms with Crippen molar-refractivity contribution in [2.24, 2.45) is 10.4 Å². The van der Waals surface area contributed by atoms with Crippen molar-refractivity contribution in [3.05, 3.63) is 12.3 Å². The Balaban J connectivity index is 2.80. The number of nitrogens with zero attached hydrogens (tertiary/aromatic N) is 1. The third-order valence-electron chi connectivity index (χ3n) is 1.64. The van der Waals surface area contributed by atoms with Crippen molar-refractivity contribution in [1.29, 1.82) is 0 Å². The van der Waals surface area contributed by atoms with Crippen LogP contribution >= 0.6 is 0 Å². The first-order valence-corrected chi connectivity index (χ1v) is 3.08. The summed E-state index contributed by atoms with van der Waals surface area (Å²) in [6, 6.07) is 0. The van der Waals surface area contributed by atoms with Gasteiger partial charge in [-0.2, -0.15) is 0 Å². The fourth-order valence-corrected chi connectivity index (χ4v) is 0.737. The lowest BCUT2D eigenvalue weighted by molar-refractivity contribution is -0.144. The Bertz CT molecular complexity index is 208. The van der Waals surface area contributed by atoms with Crippen LogP contribution in [0.15, 0.2) is 17.3 Å². The molecule has 1 aliphatic heterocycles. The zero-order valence-electron chi connectivity index (χ0n) is 5.74. The van der Waals surface area contributed by atoms with Gasteiger partial charge in [-0.15, -0.1) is 0 Å². The van der Waals surface area contributed by atoms with Gasteiger partial charge in [-0.3, -0.25) is 9.79 Å². The third kappa shape index (κ3) is 1.07. The number of carbonyl (C=O) groups is 1. The molecule has 1 heterocycles. The van der Waals surface area contributed by atoms with Crippen LogP contribution in [-0.4, -0.2) is 17.3 Å². The highest BCUT2D eigenvalue weighted by Gasteiger charge is 2.29. The van der Waals surface area contributed by atoms with E-state index in [-0.39, 0.29) is 0 Å². The van der Waals surface area contributed by atoms with E-state index in [2.05, 4.69) is 4.99 Å². The van der Waals surface area contributed by atoms with Crippen molar-refractivity contribution in [3.63, 3.8) is 0 Å². The molecule has 0 aromatic rings. The molecule has 54 valence electrons. The van der Waals surface area contributed by atoms with E-state index in [1.807, 2.05) is 0 Å². The number of carboxylic acid groups (broad SMARTS) is 1. The molecule has 0 aliphatic carbocycles. The fraction of sp³-hybridized carbons (Fsp3) is 0.429. The maximum absolute atomic E-state index is 10.6. The van der Waals surface area contributed by atoms with E-state index < -0.39 is 11.4 Å².